The number of rotatable bonds is 7. The second-order valence-corrected chi connectivity index (χ2v) is 6.42. The van der Waals surface area contributed by atoms with Crippen molar-refractivity contribution in [1.82, 2.24) is 9.88 Å². The van der Waals surface area contributed by atoms with Crippen LogP contribution in [0.25, 0.3) is 0 Å². The maximum Gasteiger partial charge on any atom is 0.311 e. The zero-order valence-electron chi connectivity index (χ0n) is 14.9. The van der Waals surface area contributed by atoms with Crippen molar-refractivity contribution >= 4 is 11.5 Å². The molecule has 0 bridgehead atoms. The molecule has 2 aromatic rings. The summed E-state index contributed by atoms with van der Waals surface area (Å²) in [5, 5.41) is 14.4. The van der Waals surface area contributed by atoms with Gasteiger partial charge in [0, 0.05) is 31.9 Å². The molecule has 7 nitrogen and oxygen atoms in total. The molecule has 1 fully saturated rings. The molecule has 26 heavy (non-hydrogen) atoms. The van der Waals surface area contributed by atoms with Crippen LogP contribution in [0, 0.1) is 10.1 Å². The number of hydrogen-bond donors (Lipinski definition) is 1. The topological polar surface area (TPSA) is 80.5 Å². The van der Waals surface area contributed by atoms with Gasteiger partial charge in [0.1, 0.15) is 0 Å². The minimum Gasteiger partial charge on any atom is -0.373 e. The lowest BCUT2D eigenvalue weighted by Gasteiger charge is -2.37. The minimum atomic E-state index is -0.411. The van der Waals surface area contributed by atoms with Crippen LogP contribution in [0.4, 0.5) is 11.5 Å². The van der Waals surface area contributed by atoms with Gasteiger partial charge in [0.05, 0.1) is 23.7 Å². The molecule has 1 saturated heterocycles. The molecule has 3 rings (SSSR count). The van der Waals surface area contributed by atoms with Gasteiger partial charge in [-0.3, -0.25) is 15.0 Å². The third-order valence-corrected chi connectivity index (χ3v) is 4.62. The number of nitro groups is 1. The van der Waals surface area contributed by atoms with Crippen molar-refractivity contribution in [1.29, 1.82) is 0 Å². The Balaban J connectivity index is 1.67. The lowest BCUT2D eigenvalue weighted by Crippen LogP contribution is -2.49. The van der Waals surface area contributed by atoms with Crippen LogP contribution in [0.15, 0.2) is 48.7 Å². The first-order valence-corrected chi connectivity index (χ1v) is 8.91. The van der Waals surface area contributed by atoms with Crippen molar-refractivity contribution < 1.29 is 9.66 Å². The molecule has 1 aromatic heterocycles. The van der Waals surface area contributed by atoms with E-state index in [0.29, 0.717) is 12.4 Å². The average Bonchev–Trinajstić information content (AvgIpc) is 2.67. The van der Waals surface area contributed by atoms with Crippen molar-refractivity contribution in [3.8, 4) is 0 Å². The molecule has 2 atom stereocenters. The van der Waals surface area contributed by atoms with Crippen LogP contribution in [0.2, 0.25) is 0 Å². The highest BCUT2D eigenvalue weighted by Gasteiger charge is 2.29. The van der Waals surface area contributed by atoms with E-state index >= 15 is 0 Å². The van der Waals surface area contributed by atoms with Crippen LogP contribution in [0.3, 0.4) is 0 Å². The van der Waals surface area contributed by atoms with Crippen molar-refractivity contribution in [3.63, 3.8) is 0 Å². The number of hydrogen-bond acceptors (Lipinski definition) is 6. The van der Waals surface area contributed by atoms with E-state index in [1.165, 1.54) is 11.6 Å². The summed E-state index contributed by atoms with van der Waals surface area (Å²) in [7, 11) is 0. The summed E-state index contributed by atoms with van der Waals surface area (Å²) < 4.78 is 5.97. The average molecular weight is 356 g/mol. The van der Waals surface area contributed by atoms with E-state index < -0.39 is 4.92 Å². The van der Waals surface area contributed by atoms with Crippen LogP contribution in [-0.2, 0) is 11.3 Å². The Bertz CT molecular complexity index is 726. The second kappa shape index (κ2) is 8.73. The van der Waals surface area contributed by atoms with Crippen molar-refractivity contribution in [2.24, 2.45) is 0 Å². The van der Waals surface area contributed by atoms with E-state index in [-0.39, 0.29) is 17.8 Å². The van der Waals surface area contributed by atoms with Gasteiger partial charge >= 0.3 is 5.69 Å². The highest BCUT2D eigenvalue weighted by Crippen LogP contribution is 2.24. The highest BCUT2D eigenvalue weighted by molar-refractivity contribution is 5.55. The number of nitrogens with one attached hydrogen (secondary N) is 1. The Morgan fingerprint density at radius 2 is 2.15 bits per heavy atom. The first-order valence-electron chi connectivity index (χ1n) is 8.91. The van der Waals surface area contributed by atoms with Gasteiger partial charge in [-0.2, -0.15) is 0 Å². The summed E-state index contributed by atoms with van der Waals surface area (Å²) in [6, 6.07) is 13.3. The molecule has 0 aliphatic carbocycles. The summed E-state index contributed by atoms with van der Waals surface area (Å²) >= 11 is 0. The van der Waals surface area contributed by atoms with Crippen molar-refractivity contribution in [2.75, 3.05) is 25.0 Å². The molecule has 1 aliphatic heterocycles. The third kappa shape index (κ3) is 4.56. The summed E-state index contributed by atoms with van der Waals surface area (Å²) in [5.41, 5.74) is 1.26. The fourth-order valence-corrected chi connectivity index (χ4v) is 3.25. The van der Waals surface area contributed by atoms with Gasteiger partial charge in [0.25, 0.3) is 0 Å². The fraction of sp³-hybridized carbons (Fsp3) is 0.421. The Labute approximate surface area is 153 Å². The Kier molecular flexibility index (Phi) is 6.14. The molecule has 0 saturated carbocycles. The molecule has 1 N–H and O–H groups in total. The number of pyridine rings is 1. The van der Waals surface area contributed by atoms with Crippen LogP contribution in [0.5, 0.6) is 0 Å². The molecule has 2 unspecified atom stereocenters. The molecule has 1 aliphatic rings. The van der Waals surface area contributed by atoms with Crippen molar-refractivity contribution in [3.05, 3.63) is 64.3 Å². The first-order chi connectivity index (χ1) is 12.7. The van der Waals surface area contributed by atoms with E-state index in [0.717, 1.165) is 26.1 Å². The quantitative estimate of drug-likeness (QED) is 0.606. The Hall–Kier alpha value is -2.51. The van der Waals surface area contributed by atoms with Gasteiger partial charge in [0.15, 0.2) is 0 Å². The van der Waals surface area contributed by atoms with Crippen LogP contribution in [0.1, 0.15) is 18.9 Å². The van der Waals surface area contributed by atoms with E-state index in [2.05, 4.69) is 27.3 Å². The maximum atomic E-state index is 11.2. The van der Waals surface area contributed by atoms with Crippen LogP contribution in [-0.4, -0.2) is 46.6 Å². The molecule has 0 spiro atoms. The lowest BCUT2D eigenvalue weighted by molar-refractivity contribution is -0.384. The van der Waals surface area contributed by atoms with Gasteiger partial charge in [-0.1, -0.05) is 37.3 Å². The summed E-state index contributed by atoms with van der Waals surface area (Å²) in [6.45, 7) is 5.24. The lowest BCUT2D eigenvalue weighted by atomic mass is 10.1. The van der Waals surface area contributed by atoms with Gasteiger partial charge in [-0.15, -0.1) is 0 Å². The number of benzene rings is 1. The van der Waals surface area contributed by atoms with E-state index in [9.17, 15) is 10.1 Å². The SMILES string of the molecule is CCC(Nc1ncccc1[N+](=O)[O-])C1CN(Cc2ccccc2)CCO1. The van der Waals surface area contributed by atoms with Gasteiger partial charge in [-0.05, 0) is 18.1 Å². The Morgan fingerprint density at radius 3 is 2.88 bits per heavy atom. The smallest absolute Gasteiger partial charge is 0.311 e. The first kappa shape index (κ1) is 18.3. The predicted molar refractivity (Wildman–Crippen MR) is 100 cm³/mol. The van der Waals surface area contributed by atoms with Gasteiger partial charge < -0.3 is 10.1 Å². The zero-order chi connectivity index (χ0) is 18.4. The van der Waals surface area contributed by atoms with E-state index in [1.54, 1.807) is 12.3 Å². The fourth-order valence-electron chi connectivity index (χ4n) is 3.25. The normalized spacial score (nSPS) is 19.0. The van der Waals surface area contributed by atoms with Gasteiger partial charge in [-0.25, -0.2) is 4.98 Å². The molecule has 0 radical (unpaired) electrons. The van der Waals surface area contributed by atoms with Crippen LogP contribution < -0.4 is 5.32 Å². The third-order valence-electron chi connectivity index (χ3n) is 4.62. The maximum absolute atomic E-state index is 11.2. The number of ether oxygens (including phenoxy) is 1. The number of morpholine rings is 1. The number of aromatic nitrogens is 1. The molecule has 1 aromatic carbocycles. The molecule has 2 heterocycles. The summed E-state index contributed by atoms with van der Waals surface area (Å²) in [4.78, 5) is 17.3. The minimum absolute atomic E-state index is 0.0112. The number of anilines is 1. The predicted octanol–water partition coefficient (Wildman–Crippen LogP) is 3.08. The number of nitrogens with zero attached hydrogens (tertiary/aromatic N) is 3. The highest BCUT2D eigenvalue weighted by atomic mass is 16.6. The van der Waals surface area contributed by atoms with Gasteiger partial charge in [0.2, 0.25) is 5.82 Å². The van der Waals surface area contributed by atoms with E-state index in [4.69, 9.17) is 4.74 Å². The van der Waals surface area contributed by atoms with Crippen molar-refractivity contribution in [2.45, 2.75) is 32.0 Å². The molecular weight excluding hydrogens is 332 g/mol. The zero-order valence-corrected chi connectivity index (χ0v) is 14.9. The molecule has 7 heteroatoms. The molecule has 138 valence electrons. The molecule has 0 amide bonds. The second-order valence-electron chi connectivity index (χ2n) is 6.42. The molecular formula is C19H24N4O3. The van der Waals surface area contributed by atoms with E-state index in [1.807, 2.05) is 25.1 Å². The summed E-state index contributed by atoms with van der Waals surface area (Å²) in [5.74, 6) is 0.299. The standard InChI is InChI=1S/C19H24N4O3/c1-2-16(21-19-17(23(24)25)9-6-10-20-19)18-14-22(11-12-26-18)13-15-7-4-3-5-8-15/h3-10,16,18H,2,11-14H2,1H3,(H,20,21). The Morgan fingerprint density at radius 1 is 1.35 bits per heavy atom. The largest absolute Gasteiger partial charge is 0.373 e. The monoisotopic (exact) mass is 356 g/mol. The van der Waals surface area contributed by atoms with Crippen LogP contribution >= 0.6 is 0 Å². The summed E-state index contributed by atoms with van der Waals surface area (Å²) in [6.07, 6.45) is 2.31.